The number of carboxylic acid groups (broad SMARTS) is 1. The van der Waals surface area contributed by atoms with Gasteiger partial charge in [0.2, 0.25) is 5.95 Å². The van der Waals surface area contributed by atoms with Crippen molar-refractivity contribution < 1.29 is 9.90 Å². The number of rotatable bonds is 9. The molecule has 0 aliphatic rings. The highest BCUT2D eigenvalue weighted by molar-refractivity contribution is 5.73. The van der Waals surface area contributed by atoms with Crippen LogP contribution in [0.3, 0.4) is 0 Å². The molecule has 27 heavy (non-hydrogen) atoms. The van der Waals surface area contributed by atoms with E-state index in [9.17, 15) is 9.90 Å². The van der Waals surface area contributed by atoms with E-state index in [1.165, 1.54) is 0 Å². The quantitative estimate of drug-likeness (QED) is 0.543. The zero-order valence-electron chi connectivity index (χ0n) is 14.9. The van der Waals surface area contributed by atoms with E-state index in [-0.39, 0.29) is 0 Å². The molecule has 6 heteroatoms. The number of hydrogen-bond acceptors (Lipinski definition) is 5. The zero-order chi connectivity index (χ0) is 18.9. The highest BCUT2D eigenvalue weighted by Gasteiger charge is 2.17. The summed E-state index contributed by atoms with van der Waals surface area (Å²) in [4.78, 5) is 20.1. The number of carbonyl (C=O) groups is 1. The Kier molecular flexibility index (Phi) is 6.49. The van der Waals surface area contributed by atoms with E-state index in [2.05, 4.69) is 20.6 Å². The van der Waals surface area contributed by atoms with Gasteiger partial charge < -0.3 is 10.4 Å². The molecule has 3 aromatic rings. The number of nitrogens with zero attached hydrogens (tertiary/aromatic N) is 2. The molecule has 3 N–H and O–H groups in total. The van der Waals surface area contributed by atoms with E-state index in [1.54, 1.807) is 12.4 Å². The van der Waals surface area contributed by atoms with Crippen LogP contribution < -0.4 is 10.6 Å². The van der Waals surface area contributed by atoms with Gasteiger partial charge in [-0.05, 0) is 17.5 Å². The van der Waals surface area contributed by atoms with Crippen LogP contribution in [0.5, 0.6) is 0 Å². The monoisotopic (exact) mass is 362 g/mol. The first-order valence-corrected chi connectivity index (χ1v) is 8.79. The van der Waals surface area contributed by atoms with E-state index >= 15 is 0 Å². The lowest BCUT2D eigenvalue weighted by molar-refractivity contribution is -0.139. The molecule has 0 amide bonds. The number of hydrogen-bond donors (Lipinski definition) is 3. The van der Waals surface area contributed by atoms with Gasteiger partial charge in [-0.25, -0.2) is 9.97 Å². The van der Waals surface area contributed by atoms with Gasteiger partial charge in [0.15, 0.2) is 0 Å². The van der Waals surface area contributed by atoms with Crippen molar-refractivity contribution in [2.24, 2.45) is 0 Å². The normalized spacial score (nSPS) is 11.7. The average Bonchev–Trinajstić information content (AvgIpc) is 2.71. The summed E-state index contributed by atoms with van der Waals surface area (Å²) >= 11 is 0. The largest absolute Gasteiger partial charge is 0.480 e. The molecular weight excluding hydrogens is 340 g/mol. The summed E-state index contributed by atoms with van der Waals surface area (Å²) in [7, 11) is 0. The third-order valence-electron chi connectivity index (χ3n) is 4.13. The first-order valence-electron chi connectivity index (χ1n) is 8.79. The summed E-state index contributed by atoms with van der Waals surface area (Å²) in [6, 6.07) is 18.9. The Hall–Kier alpha value is -3.25. The molecule has 0 spiro atoms. The van der Waals surface area contributed by atoms with Crippen molar-refractivity contribution in [2.75, 3.05) is 5.32 Å². The molecule has 0 aliphatic carbocycles. The van der Waals surface area contributed by atoms with Crippen molar-refractivity contribution in [1.29, 1.82) is 0 Å². The van der Waals surface area contributed by atoms with Gasteiger partial charge in [0.25, 0.3) is 0 Å². The Morgan fingerprint density at radius 3 is 2.04 bits per heavy atom. The number of anilines is 1. The third-order valence-corrected chi connectivity index (χ3v) is 4.13. The van der Waals surface area contributed by atoms with Crippen LogP contribution in [0.4, 0.5) is 5.95 Å². The summed E-state index contributed by atoms with van der Waals surface area (Å²) in [6.07, 6.45) is 3.83. The van der Waals surface area contributed by atoms with Crippen molar-refractivity contribution >= 4 is 11.9 Å². The predicted octanol–water partition coefficient (Wildman–Crippen LogP) is 2.87. The molecular formula is C21H22N4O2. The molecule has 1 heterocycles. The van der Waals surface area contributed by atoms with Crippen LogP contribution in [0.1, 0.15) is 16.7 Å². The van der Waals surface area contributed by atoms with Crippen molar-refractivity contribution in [2.45, 2.75) is 25.6 Å². The summed E-state index contributed by atoms with van der Waals surface area (Å²) in [5.74, 6) is -0.331. The fraction of sp³-hybridized carbons (Fsp3) is 0.190. The topological polar surface area (TPSA) is 87.1 Å². The third kappa shape index (κ3) is 5.90. The van der Waals surface area contributed by atoms with Gasteiger partial charge in [0.1, 0.15) is 6.04 Å². The van der Waals surface area contributed by atoms with Gasteiger partial charge in [-0.1, -0.05) is 60.7 Å². The van der Waals surface area contributed by atoms with Crippen LogP contribution in [0.2, 0.25) is 0 Å². The maximum absolute atomic E-state index is 11.5. The fourth-order valence-corrected chi connectivity index (χ4v) is 2.65. The molecule has 6 nitrogen and oxygen atoms in total. The number of nitrogens with one attached hydrogen (secondary N) is 2. The van der Waals surface area contributed by atoms with E-state index in [0.29, 0.717) is 25.5 Å². The zero-order valence-corrected chi connectivity index (χ0v) is 14.9. The second-order valence-electron chi connectivity index (χ2n) is 6.22. The molecule has 0 aliphatic heterocycles. The second-order valence-corrected chi connectivity index (χ2v) is 6.22. The Morgan fingerprint density at radius 1 is 0.852 bits per heavy atom. The standard InChI is InChI=1S/C21H22N4O2/c26-20(27)19(11-16-7-3-1-4-8-16)22-13-18-14-24-21(25-15-18)23-12-17-9-5-2-6-10-17/h1-10,14-15,19,22H,11-13H2,(H,26,27)(H,23,24,25)/t19-/m0/s1. The van der Waals surface area contributed by atoms with Crippen molar-refractivity contribution in [1.82, 2.24) is 15.3 Å². The number of aliphatic carboxylic acids is 1. The lowest BCUT2D eigenvalue weighted by Crippen LogP contribution is -2.38. The number of benzene rings is 2. The minimum absolute atomic E-state index is 0.392. The first-order chi connectivity index (χ1) is 13.2. The van der Waals surface area contributed by atoms with Crippen molar-refractivity contribution in [3.05, 3.63) is 89.7 Å². The van der Waals surface area contributed by atoms with Gasteiger partial charge >= 0.3 is 5.97 Å². The lowest BCUT2D eigenvalue weighted by Gasteiger charge is -2.14. The first kappa shape index (κ1) is 18.5. The van der Waals surface area contributed by atoms with Gasteiger partial charge in [-0.3, -0.25) is 10.1 Å². The smallest absolute Gasteiger partial charge is 0.321 e. The van der Waals surface area contributed by atoms with Gasteiger partial charge in [0, 0.05) is 31.0 Å². The van der Waals surface area contributed by atoms with Crippen LogP contribution in [0.25, 0.3) is 0 Å². The summed E-state index contributed by atoms with van der Waals surface area (Å²) in [5.41, 5.74) is 2.96. The molecule has 2 aromatic carbocycles. The SMILES string of the molecule is O=C(O)[C@H](Cc1ccccc1)NCc1cnc(NCc2ccccc2)nc1. The molecule has 0 bridgehead atoms. The second kappa shape index (κ2) is 9.45. The van der Waals surface area contributed by atoms with Crippen molar-refractivity contribution in [3.63, 3.8) is 0 Å². The predicted molar refractivity (Wildman–Crippen MR) is 104 cm³/mol. The summed E-state index contributed by atoms with van der Waals surface area (Å²) in [6.45, 7) is 1.04. The molecule has 1 aromatic heterocycles. The van der Waals surface area contributed by atoms with E-state index in [4.69, 9.17) is 0 Å². The van der Waals surface area contributed by atoms with Crippen LogP contribution in [0, 0.1) is 0 Å². The Morgan fingerprint density at radius 2 is 1.44 bits per heavy atom. The van der Waals surface area contributed by atoms with Crippen LogP contribution in [-0.2, 0) is 24.3 Å². The molecule has 1 atom stereocenters. The fourth-order valence-electron chi connectivity index (χ4n) is 2.65. The molecule has 3 rings (SSSR count). The number of carboxylic acids is 1. The van der Waals surface area contributed by atoms with Gasteiger partial charge in [0.05, 0.1) is 0 Å². The molecule has 0 unspecified atom stereocenters. The lowest BCUT2D eigenvalue weighted by atomic mass is 10.1. The highest BCUT2D eigenvalue weighted by Crippen LogP contribution is 2.07. The Balaban J connectivity index is 1.51. The maximum atomic E-state index is 11.5. The average molecular weight is 362 g/mol. The maximum Gasteiger partial charge on any atom is 0.321 e. The molecule has 138 valence electrons. The van der Waals surface area contributed by atoms with E-state index < -0.39 is 12.0 Å². The van der Waals surface area contributed by atoms with Crippen LogP contribution in [0.15, 0.2) is 73.1 Å². The van der Waals surface area contributed by atoms with Gasteiger partial charge in [-0.15, -0.1) is 0 Å². The highest BCUT2D eigenvalue weighted by atomic mass is 16.4. The van der Waals surface area contributed by atoms with E-state index in [1.807, 2.05) is 60.7 Å². The summed E-state index contributed by atoms with van der Waals surface area (Å²) < 4.78 is 0. The Bertz CT molecular complexity index is 839. The van der Waals surface area contributed by atoms with Crippen LogP contribution >= 0.6 is 0 Å². The van der Waals surface area contributed by atoms with E-state index in [0.717, 1.165) is 16.7 Å². The van der Waals surface area contributed by atoms with Crippen LogP contribution in [-0.4, -0.2) is 27.1 Å². The van der Waals surface area contributed by atoms with Crippen molar-refractivity contribution in [3.8, 4) is 0 Å². The van der Waals surface area contributed by atoms with Gasteiger partial charge in [-0.2, -0.15) is 0 Å². The molecule has 0 fully saturated rings. The molecule has 0 radical (unpaired) electrons. The minimum atomic E-state index is -0.874. The Labute approximate surface area is 158 Å². The minimum Gasteiger partial charge on any atom is -0.480 e. The molecule has 0 saturated heterocycles. The number of aromatic nitrogens is 2. The molecule has 0 saturated carbocycles. The summed E-state index contributed by atoms with van der Waals surface area (Å²) in [5, 5.41) is 15.7.